The third-order valence-electron chi connectivity index (χ3n) is 2.60. The van der Waals surface area contributed by atoms with Crippen LogP contribution in [0.25, 0.3) is 0 Å². The first-order chi connectivity index (χ1) is 10.6. The number of carbonyl (C=O) groups is 2. The SMILES string of the molecule is O=C(O)C(F)(F)F.O=C(O)c1cnc(N[C@@H]2CCOC2)c(F)c1. The number of hydrogen-bond acceptors (Lipinski definition) is 5. The Balaban J connectivity index is 0.000000322. The number of pyridine rings is 1. The van der Waals surface area contributed by atoms with Gasteiger partial charge in [0.25, 0.3) is 0 Å². The van der Waals surface area contributed by atoms with E-state index < -0.39 is 23.9 Å². The number of aliphatic carboxylic acids is 1. The monoisotopic (exact) mass is 340 g/mol. The number of nitrogens with zero attached hydrogens (tertiary/aromatic N) is 1. The van der Waals surface area contributed by atoms with Crippen LogP contribution >= 0.6 is 0 Å². The van der Waals surface area contributed by atoms with Crippen molar-refractivity contribution in [3.63, 3.8) is 0 Å². The molecule has 1 aliphatic rings. The van der Waals surface area contributed by atoms with E-state index in [2.05, 4.69) is 10.3 Å². The van der Waals surface area contributed by atoms with Crippen molar-refractivity contribution in [1.29, 1.82) is 0 Å². The van der Waals surface area contributed by atoms with E-state index in [0.29, 0.717) is 13.2 Å². The van der Waals surface area contributed by atoms with Crippen LogP contribution in [0, 0.1) is 5.82 Å². The molecular formula is C12H12F4N2O5. The van der Waals surface area contributed by atoms with Gasteiger partial charge in [-0.25, -0.2) is 19.0 Å². The Hall–Kier alpha value is -2.43. The summed E-state index contributed by atoms with van der Waals surface area (Å²) in [6.45, 7) is 1.16. The third-order valence-corrected chi connectivity index (χ3v) is 2.60. The highest BCUT2D eigenvalue weighted by Gasteiger charge is 2.38. The van der Waals surface area contributed by atoms with Crippen molar-refractivity contribution in [1.82, 2.24) is 4.98 Å². The number of rotatable bonds is 3. The minimum absolute atomic E-state index is 0.0395. The number of aromatic carboxylic acids is 1. The molecular weight excluding hydrogens is 328 g/mol. The van der Waals surface area contributed by atoms with Crippen molar-refractivity contribution >= 4 is 17.8 Å². The predicted molar refractivity (Wildman–Crippen MR) is 67.7 cm³/mol. The van der Waals surface area contributed by atoms with Crippen LogP contribution in [-0.4, -0.2) is 52.6 Å². The number of carboxylic acids is 2. The van der Waals surface area contributed by atoms with Crippen molar-refractivity contribution in [2.24, 2.45) is 0 Å². The van der Waals surface area contributed by atoms with Gasteiger partial charge in [-0.15, -0.1) is 0 Å². The lowest BCUT2D eigenvalue weighted by molar-refractivity contribution is -0.192. The average Bonchev–Trinajstić information content (AvgIpc) is 2.93. The molecule has 1 saturated heterocycles. The molecule has 11 heteroatoms. The number of hydrogen-bond donors (Lipinski definition) is 3. The summed E-state index contributed by atoms with van der Waals surface area (Å²) in [5.74, 6) is -4.54. The third kappa shape index (κ3) is 6.06. The molecule has 0 aromatic carbocycles. The summed E-state index contributed by atoms with van der Waals surface area (Å²) < 4.78 is 50.3. The topological polar surface area (TPSA) is 109 Å². The molecule has 0 unspecified atom stereocenters. The number of carboxylic acid groups (broad SMARTS) is 2. The molecule has 2 rings (SSSR count). The summed E-state index contributed by atoms with van der Waals surface area (Å²) in [6.07, 6.45) is -3.16. The number of alkyl halides is 3. The molecule has 23 heavy (non-hydrogen) atoms. The summed E-state index contributed by atoms with van der Waals surface area (Å²) >= 11 is 0. The summed E-state index contributed by atoms with van der Waals surface area (Å²) in [7, 11) is 0. The molecule has 0 spiro atoms. The molecule has 2 heterocycles. The molecule has 3 N–H and O–H groups in total. The second-order valence-corrected chi connectivity index (χ2v) is 4.37. The van der Waals surface area contributed by atoms with E-state index in [-0.39, 0.29) is 17.4 Å². The first kappa shape index (κ1) is 18.6. The number of halogens is 4. The normalized spacial score (nSPS) is 17.1. The van der Waals surface area contributed by atoms with Gasteiger partial charge < -0.3 is 20.3 Å². The minimum Gasteiger partial charge on any atom is -0.478 e. The lowest BCUT2D eigenvalue weighted by Crippen LogP contribution is -2.21. The zero-order chi connectivity index (χ0) is 17.6. The lowest BCUT2D eigenvalue weighted by Gasteiger charge is -2.11. The van der Waals surface area contributed by atoms with E-state index in [1.165, 1.54) is 0 Å². The van der Waals surface area contributed by atoms with E-state index in [1.54, 1.807) is 0 Å². The molecule has 0 bridgehead atoms. The summed E-state index contributed by atoms with van der Waals surface area (Å²) in [4.78, 5) is 23.2. The molecule has 0 saturated carbocycles. The Morgan fingerprint density at radius 3 is 2.35 bits per heavy atom. The van der Waals surface area contributed by atoms with Crippen LogP contribution < -0.4 is 5.32 Å². The smallest absolute Gasteiger partial charge is 0.478 e. The molecule has 7 nitrogen and oxygen atoms in total. The standard InChI is InChI=1S/C10H11FN2O3.C2HF3O2/c11-8-3-6(10(14)15)4-12-9(8)13-7-1-2-16-5-7;3-2(4,5)1(6)7/h3-4,7H,1-2,5H2,(H,12,13)(H,14,15);(H,6,7)/t7-;/m1./s1. The van der Waals surface area contributed by atoms with Crippen LogP contribution in [0.15, 0.2) is 12.3 Å². The molecule has 0 aliphatic carbocycles. The van der Waals surface area contributed by atoms with Crippen LogP contribution in [0.2, 0.25) is 0 Å². The van der Waals surface area contributed by atoms with Gasteiger partial charge in [0.2, 0.25) is 0 Å². The maximum absolute atomic E-state index is 13.4. The Kier molecular flexibility index (Phi) is 6.25. The number of nitrogens with one attached hydrogen (secondary N) is 1. The second kappa shape index (κ2) is 7.72. The van der Waals surface area contributed by atoms with Crippen LogP contribution in [-0.2, 0) is 9.53 Å². The van der Waals surface area contributed by atoms with Crippen molar-refractivity contribution in [3.8, 4) is 0 Å². The highest BCUT2D eigenvalue weighted by molar-refractivity contribution is 5.87. The maximum Gasteiger partial charge on any atom is 0.490 e. The van der Waals surface area contributed by atoms with Gasteiger partial charge in [-0.2, -0.15) is 13.2 Å². The Bertz CT molecular complexity index is 573. The van der Waals surface area contributed by atoms with Crippen LogP contribution in [0.1, 0.15) is 16.8 Å². The fourth-order valence-corrected chi connectivity index (χ4v) is 1.50. The van der Waals surface area contributed by atoms with Crippen molar-refractivity contribution in [2.45, 2.75) is 18.6 Å². The fraction of sp³-hybridized carbons (Fsp3) is 0.417. The number of anilines is 1. The lowest BCUT2D eigenvalue weighted by atomic mass is 10.2. The van der Waals surface area contributed by atoms with Crippen molar-refractivity contribution < 1.29 is 42.1 Å². The molecule has 1 atom stereocenters. The van der Waals surface area contributed by atoms with Crippen molar-refractivity contribution in [2.75, 3.05) is 18.5 Å². The highest BCUT2D eigenvalue weighted by atomic mass is 19.4. The summed E-state index contributed by atoms with van der Waals surface area (Å²) in [5, 5.41) is 18.6. The molecule has 0 radical (unpaired) electrons. The van der Waals surface area contributed by atoms with Gasteiger partial charge in [0, 0.05) is 12.8 Å². The van der Waals surface area contributed by atoms with E-state index in [4.69, 9.17) is 19.7 Å². The Morgan fingerprint density at radius 2 is 1.96 bits per heavy atom. The van der Waals surface area contributed by atoms with Crippen LogP contribution in [0.3, 0.4) is 0 Å². The highest BCUT2D eigenvalue weighted by Crippen LogP contribution is 2.16. The van der Waals surface area contributed by atoms with Gasteiger partial charge in [-0.1, -0.05) is 0 Å². The van der Waals surface area contributed by atoms with E-state index >= 15 is 0 Å². The summed E-state index contributed by atoms with van der Waals surface area (Å²) in [6, 6.07) is 0.991. The first-order valence-corrected chi connectivity index (χ1v) is 6.14. The fourth-order valence-electron chi connectivity index (χ4n) is 1.50. The molecule has 128 valence electrons. The second-order valence-electron chi connectivity index (χ2n) is 4.37. The predicted octanol–water partition coefficient (Wildman–Crippen LogP) is 1.75. The van der Waals surface area contributed by atoms with Gasteiger partial charge in [0.1, 0.15) is 0 Å². The Morgan fingerprint density at radius 1 is 1.35 bits per heavy atom. The van der Waals surface area contributed by atoms with Gasteiger partial charge in [0.05, 0.1) is 18.2 Å². The molecule has 1 aliphatic heterocycles. The number of aromatic nitrogens is 1. The van der Waals surface area contributed by atoms with Gasteiger partial charge in [-0.3, -0.25) is 0 Å². The van der Waals surface area contributed by atoms with Gasteiger partial charge in [-0.05, 0) is 12.5 Å². The first-order valence-electron chi connectivity index (χ1n) is 6.14. The zero-order valence-electron chi connectivity index (χ0n) is 11.4. The zero-order valence-corrected chi connectivity index (χ0v) is 11.4. The summed E-state index contributed by atoms with van der Waals surface area (Å²) in [5.41, 5.74) is -0.161. The van der Waals surface area contributed by atoms with Crippen LogP contribution in [0.5, 0.6) is 0 Å². The minimum atomic E-state index is -5.08. The van der Waals surface area contributed by atoms with E-state index in [0.717, 1.165) is 18.7 Å². The quantitative estimate of drug-likeness (QED) is 0.719. The van der Waals surface area contributed by atoms with Crippen molar-refractivity contribution in [3.05, 3.63) is 23.6 Å². The largest absolute Gasteiger partial charge is 0.490 e. The van der Waals surface area contributed by atoms with Crippen LogP contribution in [0.4, 0.5) is 23.4 Å². The van der Waals surface area contributed by atoms with Gasteiger partial charge >= 0.3 is 18.1 Å². The number of ether oxygens (including phenoxy) is 1. The molecule has 0 amide bonds. The molecule has 1 fully saturated rings. The average molecular weight is 340 g/mol. The molecule has 1 aromatic heterocycles. The van der Waals surface area contributed by atoms with E-state index in [9.17, 15) is 22.4 Å². The Labute approximate surface area is 126 Å². The van der Waals surface area contributed by atoms with Gasteiger partial charge in [0.15, 0.2) is 11.6 Å². The molecule has 1 aromatic rings. The maximum atomic E-state index is 13.4. The van der Waals surface area contributed by atoms with E-state index in [1.807, 2.05) is 0 Å².